The quantitative estimate of drug-likeness (QED) is 0.444. The van der Waals surface area contributed by atoms with Crippen LogP contribution in [-0.2, 0) is 5.41 Å². The topological polar surface area (TPSA) is 61.0 Å². The van der Waals surface area contributed by atoms with Crippen LogP contribution in [0.15, 0.2) is 54.7 Å². The monoisotopic (exact) mass is 389 g/mol. The minimum atomic E-state index is -0.0357. The fourth-order valence-corrected chi connectivity index (χ4v) is 4.15. The van der Waals surface area contributed by atoms with Gasteiger partial charge in [-0.1, -0.05) is 62.4 Å². The van der Waals surface area contributed by atoms with Crippen LogP contribution in [0, 0.1) is 6.92 Å². The van der Waals surface area contributed by atoms with Gasteiger partial charge in [0.2, 0.25) is 5.88 Å². The maximum Gasteiger partial charge on any atom is 0.227 e. The molecular formula is C23H23N3OS. The smallest absolute Gasteiger partial charge is 0.227 e. The Labute approximate surface area is 169 Å². The molecule has 0 amide bonds. The van der Waals surface area contributed by atoms with E-state index in [1.54, 1.807) is 6.20 Å². The van der Waals surface area contributed by atoms with Crippen molar-refractivity contribution in [2.24, 2.45) is 0 Å². The molecule has 0 bridgehead atoms. The second-order valence-electron chi connectivity index (χ2n) is 7.86. The van der Waals surface area contributed by atoms with Crippen LogP contribution in [0.2, 0.25) is 0 Å². The number of nitrogens with two attached hydrogens (primary N) is 1. The largest absolute Gasteiger partial charge is 0.438 e. The van der Waals surface area contributed by atoms with Crippen LogP contribution in [0.3, 0.4) is 0 Å². The summed E-state index contributed by atoms with van der Waals surface area (Å²) in [5.41, 5.74) is 11.0. The molecule has 2 aromatic heterocycles. The van der Waals surface area contributed by atoms with Gasteiger partial charge in [0.05, 0.1) is 10.2 Å². The molecule has 0 fully saturated rings. The Hall–Kier alpha value is -2.92. The maximum absolute atomic E-state index is 6.34. The average Bonchev–Trinajstić information content (AvgIpc) is 3.05. The van der Waals surface area contributed by atoms with E-state index in [9.17, 15) is 0 Å². The lowest BCUT2D eigenvalue weighted by Crippen LogP contribution is -2.12. The van der Waals surface area contributed by atoms with Crippen molar-refractivity contribution >= 4 is 26.7 Å². The Balaban J connectivity index is 1.86. The van der Waals surface area contributed by atoms with E-state index in [0.29, 0.717) is 11.0 Å². The highest BCUT2D eigenvalue weighted by molar-refractivity contribution is 7.22. The third kappa shape index (κ3) is 3.34. The molecule has 0 aliphatic carbocycles. The number of aromatic nitrogens is 2. The van der Waals surface area contributed by atoms with Crippen LogP contribution in [0.5, 0.6) is 11.6 Å². The summed E-state index contributed by atoms with van der Waals surface area (Å²) in [6.45, 7) is 8.60. The highest BCUT2D eigenvalue weighted by atomic mass is 32.1. The minimum absolute atomic E-state index is 0.0357. The van der Waals surface area contributed by atoms with Gasteiger partial charge in [-0.05, 0) is 36.1 Å². The van der Waals surface area contributed by atoms with Crippen molar-refractivity contribution in [1.82, 2.24) is 9.97 Å². The Kier molecular flexibility index (Phi) is 4.55. The van der Waals surface area contributed by atoms with Crippen LogP contribution in [-0.4, -0.2) is 9.97 Å². The number of benzene rings is 2. The van der Waals surface area contributed by atoms with E-state index in [0.717, 1.165) is 38.2 Å². The maximum atomic E-state index is 6.34. The summed E-state index contributed by atoms with van der Waals surface area (Å²) in [6.07, 6.45) is 1.75. The second kappa shape index (κ2) is 6.91. The molecule has 4 rings (SSSR count). The summed E-state index contributed by atoms with van der Waals surface area (Å²) >= 11 is 1.51. The van der Waals surface area contributed by atoms with Crippen LogP contribution in [0.25, 0.3) is 21.3 Å². The van der Waals surface area contributed by atoms with E-state index in [4.69, 9.17) is 10.5 Å². The number of para-hydroxylation sites is 1. The molecule has 142 valence electrons. The van der Waals surface area contributed by atoms with Crippen molar-refractivity contribution in [2.45, 2.75) is 33.1 Å². The molecule has 0 spiro atoms. The number of ether oxygens (including phenoxy) is 1. The zero-order valence-electron chi connectivity index (χ0n) is 16.5. The van der Waals surface area contributed by atoms with Gasteiger partial charge < -0.3 is 10.5 Å². The number of anilines is 1. The zero-order chi connectivity index (χ0) is 19.9. The molecule has 0 aliphatic rings. The molecule has 5 heteroatoms. The lowest BCUT2D eigenvalue weighted by atomic mass is 9.86. The second-order valence-corrected chi connectivity index (χ2v) is 8.89. The first-order valence-corrected chi connectivity index (χ1v) is 10.0. The van der Waals surface area contributed by atoms with Gasteiger partial charge >= 0.3 is 0 Å². The van der Waals surface area contributed by atoms with Gasteiger partial charge in [0.15, 0.2) is 5.13 Å². The fourth-order valence-electron chi connectivity index (χ4n) is 3.32. The summed E-state index contributed by atoms with van der Waals surface area (Å²) in [4.78, 5) is 9.10. The van der Waals surface area contributed by atoms with Crippen LogP contribution in [0.4, 0.5) is 5.13 Å². The van der Waals surface area contributed by atoms with Crippen molar-refractivity contribution in [3.63, 3.8) is 0 Å². The van der Waals surface area contributed by atoms with Gasteiger partial charge in [-0.15, -0.1) is 0 Å². The lowest BCUT2D eigenvalue weighted by molar-refractivity contribution is 0.441. The molecule has 4 aromatic rings. The first-order valence-electron chi connectivity index (χ1n) is 9.23. The molecular weight excluding hydrogens is 366 g/mol. The van der Waals surface area contributed by atoms with E-state index in [2.05, 4.69) is 55.9 Å². The van der Waals surface area contributed by atoms with Crippen LogP contribution in [0.1, 0.15) is 31.9 Å². The number of rotatable bonds is 3. The number of hydrogen-bond acceptors (Lipinski definition) is 5. The predicted octanol–water partition coefficient (Wildman–Crippen LogP) is 6.34. The summed E-state index contributed by atoms with van der Waals surface area (Å²) < 4.78 is 7.44. The normalized spacial score (nSPS) is 11.7. The Morgan fingerprint density at radius 3 is 2.54 bits per heavy atom. The van der Waals surface area contributed by atoms with Crippen molar-refractivity contribution in [2.75, 3.05) is 5.73 Å². The fraction of sp³-hybridized carbons (Fsp3) is 0.217. The highest BCUT2D eigenvalue weighted by Crippen LogP contribution is 2.40. The standard InChI is InChI=1S/C23H23N3OS/c1-14-11-12-15(19-20(14)28-22(24)26-19)16-8-7-13-25-21(16)27-18-10-6-5-9-17(18)23(2,3)4/h5-13H,1-4H3,(H2,24,26). The van der Waals surface area contributed by atoms with Crippen LogP contribution >= 0.6 is 11.3 Å². The van der Waals surface area contributed by atoms with E-state index in [-0.39, 0.29) is 5.41 Å². The van der Waals surface area contributed by atoms with Crippen molar-refractivity contribution < 1.29 is 4.74 Å². The summed E-state index contributed by atoms with van der Waals surface area (Å²) in [5.74, 6) is 1.38. The first kappa shape index (κ1) is 18.4. The van der Waals surface area contributed by atoms with Crippen molar-refractivity contribution in [3.8, 4) is 22.8 Å². The zero-order valence-corrected chi connectivity index (χ0v) is 17.3. The number of pyridine rings is 1. The van der Waals surface area contributed by atoms with E-state index >= 15 is 0 Å². The van der Waals surface area contributed by atoms with E-state index < -0.39 is 0 Å². The SMILES string of the molecule is Cc1ccc(-c2cccnc2Oc2ccccc2C(C)(C)C)c2nc(N)sc12. The number of nitrogen functional groups attached to an aromatic ring is 1. The molecule has 2 aromatic carbocycles. The summed E-state index contributed by atoms with van der Waals surface area (Å²) in [5, 5.41) is 0.565. The van der Waals surface area contributed by atoms with Gasteiger partial charge in [0, 0.05) is 22.9 Å². The predicted molar refractivity (Wildman–Crippen MR) is 117 cm³/mol. The van der Waals surface area contributed by atoms with Gasteiger partial charge in [-0.25, -0.2) is 9.97 Å². The molecule has 0 radical (unpaired) electrons. The average molecular weight is 390 g/mol. The highest BCUT2D eigenvalue weighted by Gasteiger charge is 2.21. The van der Waals surface area contributed by atoms with Crippen LogP contribution < -0.4 is 10.5 Å². The Morgan fingerprint density at radius 1 is 0.964 bits per heavy atom. The third-order valence-corrected chi connectivity index (χ3v) is 5.74. The number of aryl methyl sites for hydroxylation is 1. The van der Waals surface area contributed by atoms with Gasteiger partial charge in [-0.3, -0.25) is 0 Å². The Bertz CT molecular complexity index is 1160. The van der Waals surface area contributed by atoms with Gasteiger partial charge in [0.25, 0.3) is 0 Å². The molecule has 2 N–H and O–H groups in total. The minimum Gasteiger partial charge on any atom is -0.438 e. The molecule has 0 aliphatic heterocycles. The van der Waals surface area contributed by atoms with Gasteiger partial charge in [-0.2, -0.15) is 0 Å². The van der Waals surface area contributed by atoms with E-state index in [1.165, 1.54) is 11.3 Å². The number of hydrogen-bond donors (Lipinski definition) is 1. The molecule has 4 nitrogen and oxygen atoms in total. The summed E-state index contributed by atoms with van der Waals surface area (Å²) in [7, 11) is 0. The number of nitrogens with zero attached hydrogens (tertiary/aromatic N) is 2. The lowest BCUT2D eigenvalue weighted by Gasteiger charge is -2.22. The summed E-state index contributed by atoms with van der Waals surface area (Å²) in [6, 6.07) is 16.2. The molecule has 0 saturated heterocycles. The Morgan fingerprint density at radius 2 is 1.75 bits per heavy atom. The first-order chi connectivity index (χ1) is 13.3. The molecule has 2 heterocycles. The molecule has 28 heavy (non-hydrogen) atoms. The number of thiazole rings is 1. The molecule has 0 atom stereocenters. The van der Waals surface area contributed by atoms with E-state index in [1.807, 2.05) is 30.3 Å². The number of fused-ring (bicyclic) bond motifs is 1. The molecule has 0 saturated carbocycles. The van der Waals surface area contributed by atoms with Crippen molar-refractivity contribution in [1.29, 1.82) is 0 Å². The van der Waals surface area contributed by atoms with Gasteiger partial charge in [0.1, 0.15) is 5.75 Å². The van der Waals surface area contributed by atoms with Crippen molar-refractivity contribution in [3.05, 3.63) is 65.9 Å². The molecule has 0 unspecified atom stereocenters. The third-order valence-electron chi connectivity index (χ3n) is 4.72.